The second-order valence-corrected chi connectivity index (χ2v) is 7.49. The third-order valence-corrected chi connectivity index (χ3v) is 5.52. The van der Waals surface area contributed by atoms with Crippen LogP contribution in [0.15, 0.2) is 48.7 Å². The van der Waals surface area contributed by atoms with Crippen LogP contribution in [0.2, 0.25) is 0 Å². The first-order valence-corrected chi connectivity index (χ1v) is 9.63. The zero-order valence-electron chi connectivity index (χ0n) is 16.1. The van der Waals surface area contributed by atoms with Gasteiger partial charge in [-0.3, -0.25) is 0 Å². The lowest BCUT2D eigenvalue weighted by Gasteiger charge is -2.18. The molecular weight excluding hydrogens is 350 g/mol. The second-order valence-electron chi connectivity index (χ2n) is 7.49. The molecule has 1 aliphatic heterocycles. The fourth-order valence-corrected chi connectivity index (χ4v) is 3.86. The average Bonchev–Trinajstić information content (AvgIpc) is 3.44. The molecule has 0 saturated heterocycles. The van der Waals surface area contributed by atoms with E-state index in [9.17, 15) is 0 Å². The number of rotatable bonds is 5. The van der Waals surface area contributed by atoms with Crippen molar-refractivity contribution in [2.75, 3.05) is 24.0 Å². The lowest BCUT2D eigenvalue weighted by Crippen LogP contribution is -2.21. The number of aromatic nitrogens is 3. The van der Waals surface area contributed by atoms with Gasteiger partial charge < -0.3 is 15.0 Å². The Labute approximate surface area is 164 Å². The van der Waals surface area contributed by atoms with Gasteiger partial charge in [0.15, 0.2) is 5.82 Å². The van der Waals surface area contributed by atoms with Gasteiger partial charge in [0.05, 0.1) is 19.5 Å². The van der Waals surface area contributed by atoms with Crippen LogP contribution in [-0.4, -0.2) is 28.7 Å². The van der Waals surface area contributed by atoms with Gasteiger partial charge in [0.1, 0.15) is 11.6 Å². The number of methoxy groups -OCH3 is 1. The maximum atomic E-state index is 5.24. The van der Waals surface area contributed by atoms with Crippen molar-refractivity contribution in [2.45, 2.75) is 31.7 Å². The molecule has 1 aromatic carbocycles. The number of pyridine rings is 1. The highest BCUT2D eigenvalue weighted by Crippen LogP contribution is 2.53. The maximum absolute atomic E-state index is 5.24. The van der Waals surface area contributed by atoms with Crippen LogP contribution in [0.1, 0.15) is 41.0 Å². The van der Waals surface area contributed by atoms with E-state index in [-0.39, 0.29) is 0 Å². The van der Waals surface area contributed by atoms with E-state index in [0.717, 1.165) is 54.1 Å². The van der Waals surface area contributed by atoms with Crippen LogP contribution in [0, 0.1) is 6.92 Å². The average molecular weight is 373 g/mol. The molecule has 28 heavy (non-hydrogen) atoms. The molecular formula is C22H23N5O. The molecule has 5 rings (SSSR count). The predicted molar refractivity (Wildman–Crippen MR) is 109 cm³/mol. The predicted octanol–water partition coefficient (Wildman–Crippen LogP) is 3.85. The van der Waals surface area contributed by atoms with Gasteiger partial charge in [-0.15, -0.1) is 0 Å². The Hall–Kier alpha value is -3.15. The molecule has 1 aliphatic carbocycles. The van der Waals surface area contributed by atoms with Crippen molar-refractivity contribution in [1.29, 1.82) is 0 Å². The summed E-state index contributed by atoms with van der Waals surface area (Å²) in [5.41, 5.74) is 4.56. The largest absolute Gasteiger partial charge is 0.497 e. The van der Waals surface area contributed by atoms with Gasteiger partial charge in [0, 0.05) is 36.0 Å². The molecule has 6 nitrogen and oxygen atoms in total. The van der Waals surface area contributed by atoms with Gasteiger partial charge in [0.2, 0.25) is 0 Å². The molecule has 0 radical (unpaired) electrons. The van der Waals surface area contributed by atoms with E-state index in [1.165, 1.54) is 5.56 Å². The topological polar surface area (TPSA) is 63.2 Å². The lowest BCUT2D eigenvalue weighted by molar-refractivity contribution is 0.414. The number of nitrogens with one attached hydrogen (secondary N) is 1. The molecule has 142 valence electrons. The Balaban J connectivity index is 1.30. The van der Waals surface area contributed by atoms with E-state index < -0.39 is 0 Å². The van der Waals surface area contributed by atoms with Gasteiger partial charge in [-0.1, -0.05) is 12.1 Å². The summed E-state index contributed by atoms with van der Waals surface area (Å²) in [7, 11) is 1.69. The minimum Gasteiger partial charge on any atom is -0.497 e. The monoisotopic (exact) mass is 373 g/mol. The maximum Gasteiger partial charge on any atom is 0.151 e. The highest BCUT2D eigenvalue weighted by molar-refractivity contribution is 5.71. The van der Waals surface area contributed by atoms with E-state index in [2.05, 4.69) is 44.5 Å². The molecule has 6 heteroatoms. The van der Waals surface area contributed by atoms with Gasteiger partial charge in [-0.05, 0) is 49.2 Å². The lowest BCUT2D eigenvalue weighted by atomic mass is 10.2. The van der Waals surface area contributed by atoms with Crippen LogP contribution in [0.25, 0.3) is 0 Å². The van der Waals surface area contributed by atoms with Crippen molar-refractivity contribution < 1.29 is 4.74 Å². The third-order valence-electron chi connectivity index (χ3n) is 5.52. The molecule has 2 aromatic heterocycles. The number of ether oxygens (including phenoxy) is 1. The summed E-state index contributed by atoms with van der Waals surface area (Å²) < 4.78 is 5.24. The molecule has 0 unspecified atom stereocenters. The molecule has 0 spiro atoms. The zero-order chi connectivity index (χ0) is 19.1. The molecule has 1 saturated carbocycles. The summed E-state index contributed by atoms with van der Waals surface area (Å²) in [5, 5.41) is 3.44. The van der Waals surface area contributed by atoms with E-state index in [0.29, 0.717) is 11.8 Å². The SMILES string of the molecule is COc1ccc(CN2CNc3nc([C@H]4C[C@@H]4c4nccc(C)n4)ccc32)cc1. The number of aryl methyl sites for hydroxylation is 1. The van der Waals surface area contributed by atoms with Gasteiger partial charge >= 0.3 is 0 Å². The minimum absolute atomic E-state index is 0.391. The van der Waals surface area contributed by atoms with Crippen LogP contribution in [-0.2, 0) is 6.54 Å². The number of hydrogen-bond donors (Lipinski definition) is 1. The summed E-state index contributed by atoms with van der Waals surface area (Å²) in [6, 6.07) is 14.5. The van der Waals surface area contributed by atoms with Crippen molar-refractivity contribution in [3.05, 3.63) is 71.4 Å². The van der Waals surface area contributed by atoms with Crippen molar-refractivity contribution >= 4 is 11.5 Å². The zero-order valence-corrected chi connectivity index (χ0v) is 16.1. The molecule has 2 aliphatic rings. The van der Waals surface area contributed by atoms with Gasteiger partial charge in [-0.25, -0.2) is 15.0 Å². The van der Waals surface area contributed by atoms with Crippen molar-refractivity contribution in [3.63, 3.8) is 0 Å². The number of benzene rings is 1. The van der Waals surface area contributed by atoms with Crippen molar-refractivity contribution in [2.24, 2.45) is 0 Å². The Morgan fingerprint density at radius 1 is 1.07 bits per heavy atom. The van der Waals surface area contributed by atoms with Crippen LogP contribution in [0.3, 0.4) is 0 Å². The quantitative estimate of drug-likeness (QED) is 0.733. The fraction of sp³-hybridized carbons (Fsp3) is 0.318. The van der Waals surface area contributed by atoms with E-state index in [1.807, 2.05) is 31.3 Å². The summed E-state index contributed by atoms with van der Waals surface area (Å²) in [5.74, 6) is 3.61. The molecule has 0 amide bonds. The van der Waals surface area contributed by atoms with E-state index in [1.54, 1.807) is 7.11 Å². The summed E-state index contributed by atoms with van der Waals surface area (Å²) in [6.45, 7) is 3.62. The number of anilines is 2. The van der Waals surface area contributed by atoms with Crippen LogP contribution in [0.4, 0.5) is 11.5 Å². The summed E-state index contributed by atoms with van der Waals surface area (Å²) >= 11 is 0. The normalized spacial score (nSPS) is 19.9. The molecule has 2 atom stereocenters. The molecule has 0 bridgehead atoms. The van der Waals surface area contributed by atoms with Crippen LogP contribution >= 0.6 is 0 Å². The third kappa shape index (κ3) is 3.15. The Morgan fingerprint density at radius 3 is 2.71 bits per heavy atom. The molecule has 1 N–H and O–H groups in total. The standard InChI is InChI=1S/C22H23N5O/c1-14-9-10-23-21(25-14)18-11-17(18)19-7-8-20-22(26-19)24-13-27(20)12-15-3-5-16(28-2)6-4-15/h3-10,17-18H,11-13H2,1-2H3,(H,24,26)/t17-,18-/m0/s1. The molecule has 3 aromatic rings. The first-order chi connectivity index (χ1) is 13.7. The van der Waals surface area contributed by atoms with Gasteiger partial charge in [-0.2, -0.15) is 0 Å². The highest BCUT2D eigenvalue weighted by atomic mass is 16.5. The Kier molecular flexibility index (Phi) is 4.11. The number of nitrogens with zero attached hydrogens (tertiary/aromatic N) is 4. The first-order valence-electron chi connectivity index (χ1n) is 9.63. The number of hydrogen-bond acceptors (Lipinski definition) is 6. The summed E-state index contributed by atoms with van der Waals surface area (Å²) in [6.07, 6.45) is 2.92. The minimum atomic E-state index is 0.391. The number of fused-ring (bicyclic) bond motifs is 1. The van der Waals surface area contributed by atoms with Gasteiger partial charge in [0.25, 0.3) is 0 Å². The van der Waals surface area contributed by atoms with Crippen LogP contribution < -0.4 is 15.0 Å². The second kappa shape index (κ2) is 6.78. The van der Waals surface area contributed by atoms with E-state index in [4.69, 9.17) is 9.72 Å². The fourth-order valence-electron chi connectivity index (χ4n) is 3.86. The Morgan fingerprint density at radius 2 is 1.93 bits per heavy atom. The van der Waals surface area contributed by atoms with Crippen LogP contribution in [0.5, 0.6) is 5.75 Å². The van der Waals surface area contributed by atoms with E-state index >= 15 is 0 Å². The molecule has 3 heterocycles. The first kappa shape index (κ1) is 17.0. The molecule has 1 fully saturated rings. The summed E-state index contributed by atoms with van der Waals surface area (Å²) in [4.78, 5) is 16.2. The smallest absolute Gasteiger partial charge is 0.151 e. The van der Waals surface area contributed by atoms with Crippen molar-refractivity contribution in [3.8, 4) is 5.75 Å². The highest BCUT2D eigenvalue weighted by Gasteiger charge is 2.43. The van der Waals surface area contributed by atoms with Crippen molar-refractivity contribution in [1.82, 2.24) is 15.0 Å². The Bertz CT molecular complexity index is 1000.